The lowest BCUT2D eigenvalue weighted by atomic mass is 9.94. The van der Waals surface area contributed by atoms with Crippen molar-refractivity contribution in [1.82, 2.24) is 0 Å². The number of nitrogens with two attached hydrogens (primary N) is 1. The van der Waals surface area contributed by atoms with Crippen LogP contribution in [0.3, 0.4) is 0 Å². The van der Waals surface area contributed by atoms with Crippen molar-refractivity contribution in [1.29, 1.82) is 0 Å². The van der Waals surface area contributed by atoms with Gasteiger partial charge in [0, 0.05) is 16.6 Å². The molecule has 0 saturated carbocycles. The van der Waals surface area contributed by atoms with Crippen LogP contribution >= 0.6 is 15.9 Å². The van der Waals surface area contributed by atoms with Crippen molar-refractivity contribution in [3.8, 4) is 0 Å². The molecule has 0 fully saturated rings. The maximum Gasteiger partial charge on any atom is 0.224 e. The minimum Gasteiger partial charge on any atom is -0.330 e. The molecule has 0 aliphatic carbocycles. The van der Waals surface area contributed by atoms with Crippen molar-refractivity contribution in [3.63, 3.8) is 0 Å². The molecule has 1 aromatic rings. The molecule has 0 radical (unpaired) electrons. The lowest BCUT2D eigenvalue weighted by Crippen LogP contribution is -2.23. The zero-order valence-corrected chi connectivity index (χ0v) is 13.5. The van der Waals surface area contributed by atoms with Crippen LogP contribution in [0.1, 0.15) is 32.3 Å². The van der Waals surface area contributed by atoms with Gasteiger partial charge >= 0.3 is 0 Å². The Hall–Kier alpha value is -0.870. The van der Waals surface area contributed by atoms with Gasteiger partial charge in [0.05, 0.1) is 0 Å². The molecule has 106 valence electrons. The molecule has 4 heteroatoms. The summed E-state index contributed by atoms with van der Waals surface area (Å²) in [7, 11) is 0. The van der Waals surface area contributed by atoms with Crippen LogP contribution in [0.4, 0.5) is 5.69 Å². The van der Waals surface area contributed by atoms with Crippen LogP contribution in [0.2, 0.25) is 0 Å². The van der Waals surface area contributed by atoms with Gasteiger partial charge in [-0.1, -0.05) is 35.8 Å². The summed E-state index contributed by atoms with van der Waals surface area (Å²) in [6, 6.07) is 5.80. The van der Waals surface area contributed by atoms with Gasteiger partial charge in [0.25, 0.3) is 0 Å². The van der Waals surface area contributed by atoms with E-state index in [1.165, 1.54) is 0 Å². The van der Waals surface area contributed by atoms with Gasteiger partial charge in [-0.25, -0.2) is 0 Å². The first-order valence-electron chi connectivity index (χ1n) is 6.69. The Morgan fingerprint density at radius 3 is 2.68 bits per heavy atom. The minimum absolute atomic E-state index is 0.0392. The molecule has 0 heterocycles. The first-order chi connectivity index (χ1) is 8.93. The zero-order valence-electron chi connectivity index (χ0n) is 11.9. The Balaban J connectivity index is 2.62. The molecule has 0 bridgehead atoms. The van der Waals surface area contributed by atoms with Crippen molar-refractivity contribution >= 4 is 27.5 Å². The molecule has 1 atom stereocenters. The third kappa shape index (κ3) is 5.33. The second-order valence-electron chi connectivity index (χ2n) is 5.40. The quantitative estimate of drug-likeness (QED) is 0.837. The van der Waals surface area contributed by atoms with Gasteiger partial charge in [-0.2, -0.15) is 0 Å². The molecule has 3 nitrogen and oxygen atoms in total. The van der Waals surface area contributed by atoms with Crippen LogP contribution in [-0.4, -0.2) is 12.5 Å². The van der Waals surface area contributed by atoms with E-state index in [9.17, 15) is 4.79 Å². The van der Waals surface area contributed by atoms with Crippen LogP contribution in [0.15, 0.2) is 22.7 Å². The number of benzene rings is 1. The number of hydrogen-bond donors (Lipinski definition) is 2. The van der Waals surface area contributed by atoms with Gasteiger partial charge in [-0.3, -0.25) is 4.79 Å². The number of nitrogens with one attached hydrogen (secondary N) is 1. The summed E-state index contributed by atoms with van der Waals surface area (Å²) < 4.78 is 1.00. The van der Waals surface area contributed by atoms with Gasteiger partial charge in [0.1, 0.15) is 0 Å². The average Bonchev–Trinajstić information content (AvgIpc) is 2.33. The van der Waals surface area contributed by atoms with E-state index < -0.39 is 0 Å². The first-order valence-corrected chi connectivity index (χ1v) is 7.48. The van der Waals surface area contributed by atoms with E-state index in [1.807, 2.05) is 25.1 Å². The van der Waals surface area contributed by atoms with E-state index >= 15 is 0 Å². The summed E-state index contributed by atoms with van der Waals surface area (Å²) in [5.41, 5.74) is 7.64. The van der Waals surface area contributed by atoms with Crippen LogP contribution in [-0.2, 0) is 4.79 Å². The van der Waals surface area contributed by atoms with Crippen LogP contribution in [0, 0.1) is 18.8 Å². The largest absolute Gasteiger partial charge is 0.330 e. The highest BCUT2D eigenvalue weighted by atomic mass is 79.9. The van der Waals surface area contributed by atoms with Gasteiger partial charge < -0.3 is 11.1 Å². The monoisotopic (exact) mass is 326 g/mol. The molecule has 1 unspecified atom stereocenters. The van der Waals surface area contributed by atoms with Gasteiger partial charge in [0.2, 0.25) is 5.91 Å². The number of carbonyl (C=O) groups is 1. The molecule has 3 N–H and O–H groups in total. The van der Waals surface area contributed by atoms with Crippen molar-refractivity contribution in [2.24, 2.45) is 17.6 Å². The highest BCUT2D eigenvalue weighted by molar-refractivity contribution is 9.10. The number of rotatable bonds is 6. The Morgan fingerprint density at radius 1 is 1.42 bits per heavy atom. The fourth-order valence-corrected chi connectivity index (χ4v) is 2.50. The van der Waals surface area contributed by atoms with Crippen molar-refractivity contribution < 1.29 is 4.79 Å². The first kappa shape index (κ1) is 16.2. The van der Waals surface area contributed by atoms with Gasteiger partial charge in [-0.05, 0) is 49.4 Å². The molecule has 0 aliphatic heterocycles. The normalized spacial score (nSPS) is 12.5. The van der Waals surface area contributed by atoms with E-state index in [2.05, 4.69) is 35.1 Å². The molecular formula is C15H23BrN2O. The number of carbonyl (C=O) groups excluding carboxylic acids is 1. The summed E-state index contributed by atoms with van der Waals surface area (Å²) in [6.07, 6.45) is 1.47. The second kappa shape index (κ2) is 7.65. The highest BCUT2D eigenvalue weighted by Gasteiger charge is 2.15. The lowest BCUT2D eigenvalue weighted by Gasteiger charge is -2.17. The molecule has 0 aromatic heterocycles. The lowest BCUT2D eigenvalue weighted by molar-refractivity contribution is -0.117. The van der Waals surface area contributed by atoms with E-state index in [4.69, 9.17) is 5.73 Å². The van der Waals surface area contributed by atoms with Crippen LogP contribution in [0.5, 0.6) is 0 Å². The summed E-state index contributed by atoms with van der Waals surface area (Å²) in [5, 5.41) is 2.96. The molecule has 1 rings (SSSR count). The van der Waals surface area contributed by atoms with Crippen LogP contribution < -0.4 is 11.1 Å². The Kier molecular flexibility index (Phi) is 6.52. The highest BCUT2D eigenvalue weighted by Crippen LogP contribution is 2.24. The molecular weight excluding hydrogens is 304 g/mol. The maximum atomic E-state index is 12.0. The number of anilines is 1. The number of halogens is 1. The Bertz CT molecular complexity index is 432. The SMILES string of the molecule is Cc1c(Br)cccc1NC(=O)CC(CN)CC(C)C. The van der Waals surface area contributed by atoms with Crippen LogP contribution in [0.25, 0.3) is 0 Å². The topological polar surface area (TPSA) is 55.1 Å². The predicted octanol–water partition coefficient (Wildman–Crippen LogP) is 3.71. The molecule has 0 aliphatic rings. The van der Waals surface area contributed by atoms with E-state index in [0.29, 0.717) is 18.9 Å². The smallest absolute Gasteiger partial charge is 0.224 e. The zero-order chi connectivity index (χ0) is 14.4. The third-order valence-electron chi connectivity index (χ3n) is 3.15. The fourth-order valence-electron chi connectivity index (χ4n) is 2.14. The molecule has 0 spiro atoms. The summed E-state index contributed by atoms with van der Waals surface area (Å²) in [6.45, 7) is 6.84. The Morgan fingerprint density at radius 2 is 2.11 bits per heavy atom. The van der Waals surface area contributed by atoms with Crippen molar-refractivity contribution in [2.45, 2.75) is 33.6 Å². The summed E-state index contributed by atoms with van der Waals surface area (Å²) >= 11 is 3.46. The number of amides is 1. The van der Waals surface area contributed by atoms with E-state index in [1.54, 1.807) is 0 Å². The third-order valence-corrected chi connectivity index (χ3v) is 4.01. The number of hydrogen-bond acceptors (Lipinski definition) is 2. The second-order valence-corrected chi connectivity index (χ2v) is 6.25. The minimum atomic E-state index is 0.0392. The summed E-state index contributed by atoms with van der Waals surface area (Å²) in [4.78, 5) is 12.0. The predicted molar refractivity (Wildman–Crippen MR) is 84.1 cm³/mol. The molecule has 0 saturated heterocycles. The molecule has 1 amide bonds. The Labute approximate surface area is 124 Å². The molecule has 19 heavy (non-hydrogen) atoms. The fraction of sp³-hybridized carbons (Fsp3) is 0.533. The van der Waals surface area contributed by atoms with E-state index in [0.717, 1.165) is 22.1 Å². The van der Waals surface area contributed by atoms with Gasteiger partial charge in [-0.15, -0.1) is 0 Å². The average molecular weight is 327 g/mol. The maximum absolute atomic E-state index is 12.0. The summed E-state index contributed by atoms with van der Waals surface area (Å²) in [5.74, 6) is 0.860. The van der Waals surface area contributed by atoms with Gasteiger partial charge in [0.15, 0.2) is 0 Å². The molecule has 1 aromatic carbocycles. The van der Waals surface area contributed by atoms with Crippen molar-refractivity contribution in [3.05, 3.63) is 28.2 Å². The van der Waals surface area contributed by atoms with E-state index in [-0.39, 0.29) is 11.8 Å². The van der Waals surface area contributed by atoms with Crippen molar-refractivity contribution in [2.75, 3.05) is 11.9 Å². The standard InChI is InChI=1S/C15H23BrN2O/c1-10(2)7-12(9-17)8-15(19)18-14-6-4-5-13(16)11(14)3/h4-6,10,12H,7-9,17H2,1-3H3,(H,18,19).